The van der Waals surface area contributed by atoms with Crippen LogP contribution in [0.25, 0.3) is 0 Å². The second kappa shape index (κ2) is 6.06. The van der Waals surface area contributed by atoms with Gasteiger partial charge in [0, 0.05) is 30.9 Å². The van der Waals surface area contributed by atoms with Crippen LogP contribution >= 0.6 is 15.9 Å². The molecule has 2 rings (SSSR count). The maximum absolute atomic E-state index is 6.36. The van der Waals surface area contributed by atoms with Crippen molar-refractivity contribution in [2.24, 2.45) is 12.8 Å². The van der Waals surface area contributed by atoms with Crippen molar-refractivity contribution in [1.82, 2.24) is 14.8 Å². The van der Waals surface area contributed by atoms with Crippen LogP contribution in [-0.4, -0.2) is 14.8 Å². The van der Waals surface area contributed by atoms with Crippen molar-refractivity contribution in [2.75, 3.05) is 0 Å². The molecule has 5 heteroatoms. The Hall–Kier alpha value is -1.20. The number of pyridine rings is 1. The molecular formula is C15H21BrN4. The zero-order valence-electron chi connectivity index (χ0n) is 12.4. The van der Waals surface area contributed by atoms with Crippen molar-refractivity contribution in [3.63, 3.8) is 0 Å². The van der Waals surface area contributed by atoms with Gasteiger partial charge in [-0.15, -0.1) is 0 Å². The minimum atomic E-state index is -0.0699. The Morgan fingerprint density at radius 3 is 2.60 bits per heavy atom. The van der Waals surface area contributed by atoms with Crippen LogP contribution in [0.1, 0.15) is 41.3 Å². The first kappa shape index (κ1) is 15.2. The number of rotatable bonds is 4. The molecule has 2 heterocycles. The lowest BCUT2D eigenvalue weighted by Crippen LogP contribution is -2.17. The van der Waals surface area contributed by atoms with E-state index in [-0.39, 0.29) is 6.04 Å². The highest BCUT2D eigenvalue weighted by Gasteiger charge is 2.18. The lowest BCUT2D eigenvalue weighted by atomic mass is 10.0. The van der Waals surface area contributed by atoms with E-state index in [4.69, 9.17) is 5.73 Å². The third-order valence-corrected chi connectivity index (χ3v) is 4.50. The number of nitrogens with two attached hydrogens (primary N) is 1. The van der Waals surface area contributed by atoms with Gasteiger partial charge in [-0.1, -0.05) is 13.0 Å². The van der Waals surface area contributed by atoms with Crippen molar-refractivity contribution < 1.29 is 0 Å². The standard InChI is InChI=1S/C15H21BrN4/c1-5-13-15(16)14(20(4)19-13)8-12(17)11-7-6-9(2)18-10(11)3/h6-7,12H,5,8,17H2,1-4H3. The Labute approximate surface area is 128 Å². The molecule has 2 aromatic rings. The van der Waals surface area contributed by atoms with E-state index in [9.17, 15) is 0 Å². The molecule has 0 aromatic carbocycles. The molecule has 0 aliphatic heterocycles. The monoisotopic (exact) mass is 336 g/mol. The Balaban J connectivity index is 2.27. The topological polar surface area (TPSA) is 56.7 Å². The molecule has 0 amide bonds. The van der Waals surface area contributed by atoms with Crippen LogP contribution in [0.4, 0.5) is 0 Å². The molecule has 0 aliphatic rings. The van der Waals surface area contributed by atoms with Crippen molar-refractivity contribution in [3.8, 4) is 0 Å². The Kier molecular flexibility index (Phi) is 4.60. The van der Waals surface area contributed by atoms with E-state index >= 15 is 0 Å². The van der Waals surface area contributed by atoms with Gasteiger partial charge in [0.1, 0.15) is 0 Å². The van der Waals surface area contributed by atoms with Crippen LogP contribution in [0, 0.1) is 13.8 Å². The van der Waals surface area contributed by atoms with Crippen LogP contribution < -0.4 is 5.73 Å². The first-order valence-electron chi connectivity index (χ1n) is 6.84. The van der Waals surface area contributed by atoms with Gasteiger partial charge in [-0.25, -0.2) is 0 Å². The SMILES string of the molecule is CCc1nn(C)c(CC(N)c2ccc(C)nc2C)c1Br. The molecule has 108 valence electrons. The summed E-state index contributed by atoms with van der Waals surface area (Å²) in [6.45, 7) is 6.11. The minimum Gasteiger partial charge on any atom is -0.324 e. The van der Waals surface area contributed by atoms with Gasteiger partial charge < -0.3 is 5.73 Å². The van der Waals surface area contributed by atoms with Gasteiger partial charge in [0.2, 0.25) is 0 Å². The Morgan fingerprint density at radius 2 is 2.05 bits per heavy atom. The van der Waals surface area contributed by atoms with Crippen LogP contribution in [-0.2, 0) is 19.9 Å². The molecule has 0 fully saturated rings. The second-order valence-corrected chi connectivity index (χ2v) is 5.92. The van der Waals surface area contributed by atoms with Gasteiger partial charge in [0.15, 0.2) is 0 Å². The van der Waals surface area contributed by atoms with Crippen molar-refractivity contribution in [3.05, 3.63) is 44.9 Å². The van der Waals surface area contributed by atoms with Crippen LogP contribution in [0.2, 0.25) is 0 Å². The zero-order valence-corrected chi connectivity index (χ0v) is 14.0. The summed E-state index contributed by atoms with van der Waals surface area (Å²) >= 11 is 3.64. The summed E-state index contributed by atoms with van der Waals surface area (Å²) < 4.78 is 3.00. The molecule has 0 bridgehead atoms. The Bertz CT molecular complexity index is 619. The lowest BCUT2D eigenvalue weighted by molar-refractivity contribution is 0.632. The highest BCUT2D eigenvalue weighted by molar-refractivity contribution is 9.10. The third-order valence-electron chi connectivity index (χ3n) is 3.58. The number of nitrogens with zero attached hydrogens (tertiary/aromatic N) is 3. The smallest absolute Gasteiger partial charge is 0.0766 e. The summed E-state index contributed by atoms with van der Waals surface area (Å²) in [5.41, 5.74) is 11.7. The molecule has 0 spiro atoms. The highest BCUT2D eigenvalue weighted by Crippen LogP contribution is 2.26. The first-order valence-corrected chi connectivity index (χ1v) is 7.63. The zero-order chi connectivity index (χ0) is 14.9. The van der Waals surface area contributed by atoms with Crippen LogP contribution in [0.15, 0.2) is 16.6 Å². The molecule has 2 N–H and O–H groups in total. The molecule has 20 heavy (non-hydrogen) atoms. The summed E-state index contributed by atoms with van der Waals surface area (Å²) in [5.74, 6) is 0. The van der Waals surface area contributed by atoms with E-state index in [0.717, 1.165) is 45.7 Å². The van der Waals surface area contributed by atoms with Crippen LogP contribution in [0.5, 0.6) is 0 Å². The second-order valence-electron chi connectivity index (χ2n) is 5.12. The average molecular weight is 337 g/mol. The number of hydrogen-bond acceptors (Lipinski definition) is 3. The fraction of sp³-hybridized carbons (Fsp3) is 0.467. The van der Waals surface area contributed by atoms with E-state index in [1.54, 1.807) is 0 Å². The lowest BCUT2D eigenvalue weighted by Gasteiger charge is -2.15. The van der Waals surface area contributed by atoms with Crippen molar-refractivity contribution in [2.45, 2.75) is 39.7 Å². The van der Waals surface area contributed by atoms with Gasteiger partial charge >= 0.3 is 0 Å². The molecule has 0 radical (unpaired) electrons. The van der Waals surface area contributed by atoms with Gasteiger partial charge in [-0.3, -0.25) is 9.67 Å². The van der Waals surface area contributed by atoms with E-state index in [0.29, 0.717) is 0 Å². The average Bonchev–Trinajstić information content (AvgIpc) is 2.66. The number of halogens is 1. The van der Waals surface area contributed by atoms with E-state index < -0.39 is 0 Å². The van der Waals surface area contributed by atoms with Gasteiger partial charge in [-0.05, 0) is 47.8 Å². The normalized spacial score (nSPS) is 12.7. The molecule has 0 saturated carbocycles. The fourth-order valence-corrected chi connectivity index (χ4v) is 3.23. The maximum Gasteiger partial charge on any atom is 0.0766 e. The molecule has 4 nitrogen and oxygen atoms in total. The largest absolute Gasteiger partial charge is 0.324 e. The number of aryl methyl sites for hydroxylation is 4. The first-order chi connectivity index (χ1) is 9.43. The molecular weight excluding hydrogens is 316 g/mol. The maximum atomic E-state index is 6.36. The highest BCUT2D eigenvalue weighted by atomic mass is 79.9. The van der Waals surface area contributed by atoms with Crippen molar-refractivity contribution >= 4 is 15.9 Å². The van der Waals surface area contributed by atoms with E-state index in [1.807, 2.05) is 31.6 Å². The summed E-state index contributed by atoms with van der Waals surface area (Å²) in [6.07, 6.45) is 1.66. The summed E-state index contributed by atoms with van der Waals surface area (Å²) in [6, 6.07) is 4.02. The summed E-state index contributed by atoms with van der Waals surface area (Å²) in [7, 11) is 1.96. The fourth-order valence-electron chi connectivity index (χ4n) is 2.45. The van der Waals surface area contributed by atoms with Gasteiger partial charge in [0.25, 0.3) is 0 Å². The summed E-state index contributed by atoms with van der Waals surface area (Å²) in [5, 5.41) is 4.51. The molecule has 0 aliphatic carbocycles. The Morgan fingerprint density at radius 1 is 1.35 bits per heavy atom. The molecule has 0 saturated heterocycles. The number of aromatic nitrogens is 3. The van der Waals surface area contributed by atoms with Gasteiger partial charge in [0.05, 0.1) is 15.9 Å². The predicted molar refractivity (Wildman–Crippen MR) is 84.6 cm³/mol. The van der Waals surface area contributed by atoms with Gasteiger partial charge in [-0.2, -0.15) is 5.10 Å². The quantitative estimate of drug-likeness (QED) is 0.933. The predicted octanol–water partition coefficient (Wildman–Crippen LogP) is 3.00. The molecule has 1 unspecified atom stereocenters. The molecule has 1 atom stereocenters. The van der Waals surface area contributed by atoms with E-state index in [2.05, 4.69) is 39.0 Å². The third kappa shape index (κ3) is 2.94. The molecule has 2 aromatic heterocycles. The minimum absolute atomic E-state index is 0.0699. The van der Waals surface area contributed by atoms with E-state index in [1.165, 1.54) is 0 Å². The number of hydrogen-bond donors (Lipinski definition) is 1. The van der Waals surface area contributed by atoms with Crippen LogP contribution in [0.3, 0.4) is 0 Å². The van der Waals surface area contributed by atoms with Crippen molar-refractivity contribution in [1.29, 1.82) is 0 Å². The summed E-state index contributed by atoms with van der Waals surface area (Å²) in [4.78, 5) is 4.49.